The molecule has 1 aromatic heterocycles. The molecule has 4 aromatic rings. The van der Waals surface area contributed by atoms with Crippen molar-refractivity contribution in [3.8, 4) is 23.1 Å². The number of carbonyl (C=O) groups excluding carboxylic acids is 2. The van der Waals surface area contributed by atoms with Crippen molar-refractivity contribution in [1.29, 1.82) is 0 Å². The minimum atomic E-state index is -0.900. The predicted molar refractivity (Wildman–Crippen MR) is 155 cm³/mol. The van der Waals surface area contributed by atoms with Crippen LogP contribution in [0.1, 0.15) is 18.4 Å². The van der Waals surface area contributed by atoms with Gasteiger partial charge in [0.2, 0.25) is 5.88 Å². The molecule has 1 aliphatic rings. The molecule has 0 unspecified atom stereocenters. The number of amides is 2. The lowest BCUT2D eigenvalue weighted by atomic mass is 9.99. The van der Waals surface area contributed by atoms with Crippen LogP contribution in [0.5, 0.6) is 23.1 Å². The first-order valence-corrected chi connectivity index (χ1v) is 13.8. The maximum atomic E-state index is 15.0. The number of fused-ring (bicyclic) bond motifs is 1. The SMILES string of the molecule is COc1cc2c(Oc3ccc(NC(=O)C(=O)NCCc4ccccc4)cc3F)ncnc2cc1OCC1CCNCC1. The number of benzene rings is 3. The fourth-order valence-corrected chi connectivity index (χ4v) is 4.65. The summed E-state index contributed by atoms with van der Waals surface area (Å²) in [4.78, 5) is 33.0. The Bertz CT molecular complexity index is 1550. The number of halogens is 1. The fraction of sp³-hybridized carbons (Fsp3) is 0.290. The van der Waals surface area contributed by atoms with E-state index in [0.717, 1.165) is 37.6 Å². The third kappa shape index (κ3) is 7.29. The maximum absolute atomic E-state index is 15.0. The number of carbonyl (C=O) groups is 2. The molecule has 0 saturated carbocycles. The van der Waals surface area contributed by atoms with Crippen molar-refractivity contribution in [3.63, 3.8) is 0 Å². The van der Waals surface area contributed by atoms with Crippen LogP contribution in [-0.2, 0) is 16.0 Å². The molecular formula is C31H32FN5O5. The van der Waals surface area contributed by atoms with Crippen LogP contribution in [0.3, 0.4) is 0 Å². The van der Waals surface area contributed by atoms with Gasteiger partial charge in [0.05, 0.1) is 24.6 Å². The zero-order valence-corrected chi connectivity index (χ0v) is 23.2. The Labute approximate surface area is 242 Å². The summed E-state index contributed by atoms with van der Waals surface area (Å²) in [5.41, 5.74) is 1.68. The van der Waals surface area contributed by atoms with Crippen LogP contribution in [0.2, 0.25) is 0 Å². The van der Waals surface area contributed by atoms with E-state index in [-0.39, 0.29) is 17.3 Å². The van der Waals surface area contributed by atoms with Gasteiger partial charge in [0.25, 0.3) is 0 Å². The number of aromatic nitrogens is 2. The standard InChI is InChI=1S/C31H32FN5O5/c1-40-27-16-23-25(17-28(27)41-18-21-9-12-33-13-10-21)35-19-36-31(23)42-26-8-7-22(15-24(26)32)37-30(39)29(38)34-14-11-20-5-3-2-4-6-20/h2-8,15-17,19,21,33H,9-14,18H2,1H3,(H,34,38)(H,37,39). The quantitative estimate of drug-likeness (QED) is 0.241. The Balaban J connectivity index is 1.22. The molecule has 1 aliphatic heterocycles. The van der Waals surface area contributed by atoms with E-state index >= 15 is 0 Å². The number of ether oxygens (including phenoxy) is 3. The first kappa shape index (κ1) is 28.7. The molecule has 11 heteroatoms. The minimum absolute atomic E-state index is 0.104. The van der Waals surface area contributed by atoms with Crippen molar-refractivity contribution in [3.05, 3.63) is 78.4 Å². The van der Waals surface area contributed by atoms with Crippen molar-refractivity contribution in [1.82, 2.24) is 20.6 Å². The van der Waals surface area contributed by atoms with Gasteiger partial charge in [-0.25, -0.2) is 14.4 Å². The zero-order valence-electron chi connectivity index (χ0n) is 23.2. The van der Waals surface area contributed by atoms with Gasteiger partial charge >= 0.3 is 11.8 Å². The van der Waals surface area contributed by atoms with E-state index in [4.69, 9.17) is 14.2 Å². The van der Waals surface area contributed by atoms with Crippen LogP contribution < -0.4 is 30.2 Å². The second-order valence-electron chi connectivity index (χ2n) is 9.90. The molecular weight excluding hydrogens is 541 g/mol. The number of rotatable bonds is 10. The van der Waals surface area contributed by atoms with Gasteiger partial charge in [0.1, 0.15) is 6.33 Å². The molecule has 3 N–H and O–H groups in total. The number of anilines is 1. The third-order valence-electron chi connectivity index (χ3n) is 6.96. The van der Waals surface area contributed by atoms with Gasteiger partial charge < -0.3 is 30.2 Å². The number of methoxy groups -OCH3 is 1. The summed E-state index contributed by atoms with van der Waals surface area (Å²) < 4.78 is 32.4. The zero-order chi connectivity index (χ0) is 29.3. The summed E-state index contributed by atoms with van der Waals surface area (Å²) in [5.74, 6) is -0.962. The van der Waals surface area contributed by atoms with E-state index < -0.39 is 17.6 Å². The molecule has 0 aliphatic carbocycles. The number of nitrogens with zero attached hydrogens (tertiary/aromatic N) is 2. The van der Waals surface area contributed by atoms with Gasteiger partial charge in [-0.1, -0.05) is 30.3 Å². The van der Waals surface area contributed by atoms with E-state index in [9.17, 15) is 14.0 Å². The van der Waals surface area contributed by atoms with E-state index in [2.05, 4.69) is 25.9 Å². The summed E-state index contributed by atoms with van der Waals surface area (Å²) in [6.45, 7) is 2.82. The summed E-state index contributed by atoms with van der Waals surface area (Å²) in [6, 6.07) is 16.9. The maximum Gasteiger partial charge on any atom is 0.313 e. The molecule has 0 atom stereocenters. The molecule has 0 bridgehead atoms. The highest BCUT2D eigenvalue weighted by atomic mass is 19.1. The smallest absolute Gasteiger partial charge is 0.313 e. The molecule has 1 fully saturated rings. The van der Waals surface area contributed by atoms with Gasteiger partial charge in [-0.3, -0.25) is 9.59 Å². The Hall–Kier alpha value is -4.77. The molecule has 42 heavy (non-hydrogen) atoms. The van der Waals surface area contributed by atoms with Gasteiger partial charge in [-0.05, 0) is 62.0 Å². The normalized spacial score (nSPS) is 13.4. The van der Waals surface area contributed by atoms with E-state index in [1.807, 2.05) is 30.3 Å². The summed E-state index contributed by atoms with van der Waals surface area (Å²) in [6.07, 6.45) is 4.00. The number of hydrogen-bond donors (Lipinski definition) is 3. The minimum Gasteiger partial charge on any atom is -0.493 e. The van der Waals surface area contributed by atoms with Crippen LogP contribution in [-0.4, -0.2) is 55.1 Å². The van der Waals surface area contributed by atoms with Crippen LogP contribution in [0.4, 0.5) is 10.1 Å². The molecule has 3 aromatic carbocycles. The second kappa shape index (κ2) is 13.7. The van der Waals surface area contributed by atoms with Crippen LogP contribution in [0, 0.1) is 11.7 Å². The van der Waals surface area contributed by atoms with Crippen molar-refractivity contribution >= 4 is 28.4 Å². The highest BCUT2D eigenvalue weighted by molar-refractivity contribution is 6.39. The molecule has 0 spiro atoms. The van der Waals surface area contributed by atoms with E-state index in [1.165, 1.54) is 18.5 Å². The summed E-state index contributed by atoms with van der Waals surface area (Å²) in [7, 11) is 1.54. The van der Waals surface area contributed by atoms with Crippen LogP contribution in [0.25, 0.3) is 10.9 Å². The van der Waals surface area contributed by atoms with Crippen LogP contribution in [0.15, 0.2) is 67.0 Å². The first-order valence-electron chi connectivity index (χ1n) is 13.8. The third-order valence-corrected chi connectivity index (χ3v) is 6.96. The topological polar surface area (TPSA) is 124 Å². The van der Waals surface area contributed by atoms with Crippen molar-refractivity contribution in [2.75, 3.05) is 38.7 Å². The van der Waals surface area contributed by atoms with Gasteiger partial charge in [0.15, 0.2) is 23.1 Å². The monoisotopic (exact) mass is 573 g/mol. The lowest BCUT2D eigenvalue weighted by molar-refractivity contribution is -0.136. The molecule has 10 nitrogen and oxygen atoms in total. The number of piperidine rings is 1. The molecule has 2 amide bonds. The fourth-order valence-electron chi connectivity index (χ4n) is 4.65. The lowest BCUT2D eigenvalue weighted by Crippen LogP contribution is -2.36. The number of hydrogen-bond acceptors (Lipinski definition) is 8. The Morgan fingerprint density at radius 3 is 2.55 bits per heavy atom. The summed E-state index contributed by atoms with van der Waals surface area (Å²) >= 11 is 0. The Kier molecular flexibility index (Phi) is 9.40. The van der Waals surface area contributed by atoms with Crippen molar-refractivity contribution < 1.29 is 28.2 Å². The first-order chi connectivity index (χ1) is 20.5. The highest BCUT2D eigenvalue weighted by Crippen LogP contribution is 2.37. The molecule has 0 radical (unpaired) electrons. The van der Waals surface area contributed by atoms with E-state index in [1.54, 1.807) is 19.2 Å². The van der Waals surface area contributed by atoms with Crippen molar-refractivity contribution in [2.24, 2.45) is 5.92 Å². The van der Waals surface area contributed by atoms with Gasteiger partial charge in [0, 0.05) is 24.4 Å². The molecule has 2 heterocycles. The largest absolute Gasteiger partial charge is 0.493 e. The summed E-state index contributed by atoms with van der Waals surface area (Å²) in [5, 5.41) is 8.81. The molecule has 218 valence electrons. The predicted octanol–water partition coefficient (Wildman–Crippen LogP) is 4.25. The van der Waals surface area contributed by atoms with Gasteiger partial charge in [-0.15, -0.1) is 0 Å². The van der Waals surface area contributed by atoms with Crippen LogP contribution >= 0.6 is 0 Å². The average molecular weight is 574 g/mol. The van der Waals surface area contributed by atoms with Gasteiger partial charge in [-0.2, -0.15) is 0 Å². The number of nitrogens with one attached hydrogen (secondary N) is 3. The molecule has 1 saturated heterocycles. The second-order valence-corrected chi connectivity index (χ2v) is 9.90. The average Bonchev–Trinajstić information content (AvgIpc) is 3.02. The Morgan fingerprint density at radius 1 is 0.976 bits per heavy atom. The lowest BCUT2D eigenvalue weighted by Gasteiger charge is -2.23. The van der Waals surface area contributed by atoms with Crippen molar-refractivity contribution in [2.45, 2.75) is 19.3 Å². The van der Waals surface area contributed by atoms with E-state index in [0.29, 0.717) is 47.9 Å². The molecule has 5 rings (SSSR count). The Morgan fingerprint density at radius 2 is 1.79 bits per heavy atom. The highest BCUT2D eigenvalue weighted by Gasteiger charge is 2.19.